The van der Waals surface area contributed by atoms with E-state index in [1.165, 1.54) is 11.1 Å². The van der Waals surface area contributed by atoms with Gasteiger partial charge in [0.05, 0.1) is 5.69 Å². The Balaban J connectivity index is 1.47. The van der Waals surface area contributed by atoms with Gasteiger partial charge in [-0.05, 0) is 17.7 Å². The second-order valence-corrected chi connectivity index (χ2v) is 8.45. The van der Waals surface area contributed by atoms with Gasteiger partial charge in [-0.25, -0.2) is 9.97 Å². The first kappa shape index (κ1) is 20.6. The summed E-state index contributed by atoms with van der Waals surface area (Å²) in [6, 6.07) is 16.4. The zero-order valence-electron chi connectivity index (χ0n) is 18.4. The molecule has 7 heteroatoms. The molecular weight excluding hydrogens is 400 g/mol. The second kappa shape index (κ2) is 9.04. The van der Waals surface area contributed by atoms with Crippen LogP contribution in [0.4, 0.5) is 5.82 Å². The lowest BCUT2D eigenvalue weighted by Gasteiger charge is -2.38. The fraction of sp³-hybridized carbons (Fsp3) is 0.360. The number of anilines is 1. The topological polar surface area (TPSA) is 65.5 Å². The SMILES string of the molecule is CC(=O)N1CCN(c2nc(-c3ccccn3)nc3c2CN(Cc2ccccc2)CC3)CC1. The van der Waals surface area contributed by atoms with E-state index in [4.69, 9.17) is 9.97 Å². The van der Waals surface area contributed by atoms with E-state index in [2.05, 4.69) is 45.1 Å². The molecule has 2 aromatic heterocycles. The molecule has 1 saturated heterocycles. The normalized spacial score (nSPS) is 16.7. The van der Waals surface area contributed by atoms with Crippen molar-refractivity contribution in [1.29, 1.82) is 0 Å². The van der Waals surface area contributed by atoms with E-state index in [-0.39, 0.29) is 5.91 Å². The zero-order chi connectivity index (χ0) is 21.9. The highest BCUT2D eigenvalue weighted by Gasteiger charge is 2.28. The lowest BCUT2D eigenvalue weighted by Crippen LogP contribution is -2.49. The van der Waals surface area contributed by atoms with Gasteiger partial charge in [0.25, 0.3) is 0 Å². The van der Waals surface area contributed by atoms with Gasteiger partial charge in [0, 0.05) is 70.9 Å². The van der Waals surface area contributed by atoms with Crippen LogP contribution >= 0.6 is 0 Å². The molecule has 5 rings (SSSR count). The number of hydrogen-bond donors (Lipinski definition) is 0. The van der Waals surface area contributed by atoms with Crippen molar-refractivity contribution in [3.63, 3.8) is 0 Å². The van der Waals surface area contributed by atoms with Crippen molar-refractivity contribution >= 4 is 11.7 Å². The minimum atomic E-state index is 0.137. The number of carbonyl (C=O) groups is 1. The van der Waals surface area contributed by atoms with Crippen LogP contribution < -0.4 is 4.90 Å². The van der Waals surface area contributed by atoms with Crippen molar-refractivity contribution in [3.05, 3.63) is 71.5 Å². The predicted octanol–water partition coefficient (Wildman–Crippen LogP) is 2.77. The summed E-state index contributed by atoms with van der Waals surface area (Å²) in [7, 11) is 0. The summed E-state index contributed by atoms with van der Waals surface area (Å²) in [6.07, 6.45) is 2.68. The molecule has 164 valence electrons. The van der Waals surface area contributed by atoms with Gasteiger partial charge in [-0.15, -0.1) is 0 Å². The Bertz CT molecular complexity index is 1080. The number of piperazine rings is 1. The highest BCUT2D eigenvalue weighted by molar-refractivity contribution is 5.73. The minimum absolute atomic E-state index is 0.137. The Labute approximate surface area is 188 Å². The maximum atomic E-state index is 11.8. The summed E-state index contributed by atoms with van der Waals surface area (Å²) < 4.78 is 0. The molecule has 0 atom stereocenters. The van der Waals surface area contributed by atoms with E-state index in [1.54, 1.807) is 13.1 Å². The largest absolute Gasteiger partial charge is 0.353 e. The number of nitrogens with zero attached hydrogens (tertiary/aromatic N) is 6. The number of pyridine rings is 1. The number of rotatable bonds is 4. The van der Waals surface area contributed by atoms with Crippen LogP contribution in [0.1, 0.15) is 23.7 Å². The summed E-state index contributed by atoms with van der Waals surface area (Å²) in [5, 5.41) is 0. The van der Waals surface area contributed by atoms with Gasteiger partial charge >= 0.3 is 0 Å². The molecule has 1 fully saturated rings. The molecule has 2 aliphatic rings. The van der Waals surface area contributed by atoms with Crippen LogP contribution in [0.25, 0.3) is 11.5 Å². The summed E-state index contributed by atoms with van der Waals surface area (Å²) in [5.41, 5.74) is 4.45. The third-order valence-electron chi connectivity index (χ3n) is 6.29. The average Bonchev–Trinajstić information content (AvgIpc) is 2.84. The molecule has 0 unspecified atom stereocenters. The Morgan fingerprint density at radius 1 is 0.938 bits per heavy atom. The van der Waals surface area contributed by atoms with Crippen LogP contribution in [0.5, 0.6) is 0 Å². The minimum Gasteiger partial charge on any atom is -0.353 e. The van der Waals surface area contributed by atoms with E-state index >= 15 is 0 Å². The average molecular weight is 429 g/mol. The van der Waals surface area contributed by atoms with E-state index in [9.17, 15) is 4.79 Å². The van der Waals surface area contributed by atoms with Crippen LogP contribution in [0.2, 0.25) is 0 Å². The Hall–Kier alpha value is -3.32. The third kappa shape index (κ3) is 4.34. The van der Waals surface area contributed by atoms with Gasteiger partial charge in [0.1, 0.15) is 11.5 Å². The second-order valence-electron chi connectivity index (χ2n) is 8.45. The number of carbonyl (C=O) groups excluding carboxylic acids is 1. The van der Waals surface area contributed by atoms with Crippen LogP contribution in [-0.4, -0.2) is 63.4 Å². The monoisotopic (exact) mass is 428 g/mol. The zero-order valence-corrected chi connectivity index (χ0v) is 18.4. The van der Waals surface area contributed by atoms with Crippen LogP contribution in [0.3, 0.4) is 0 Å². The van der Waals surface area contributed by atoms with E-state index in [1.807, 2.05) is 23.1 Å². The van der Waals surface area contributed by atoms with E-state index < -0.39 is 0 Å². The Kier molecular flexibility index (Phi) is 5.81. The number of fused-ring (bicyclic) bond motifs is 1. The van der Waals surface area contributed by atoms with Crippen molar-refractivity contribution in [3.8, 4) is 11.5 Å². The molecular formula is C25H28N6O. The lowest BCUT2D eigenvalue weighted by atomic mass is 10.0. The van der Waals surface area contributed by atoms with Gasteiger partial charge in [-0.3, -0.25) is 14.7 Å². The predicted molar refractivity (Wildman–Crippen MR) is 124 cm³/mol. The van der Waals surface area contributed by atoms with Crippen molar-refractivity contribution in [1.82, 2.24) is 24.8 Å². The molecule has 0 saturated carbocycles. The first-order valence-corrected chi connectivity index (χ1v) is 11.3. The van der Waals surface area contributed by atoms with Gasteiger partial charge in [-0.1, -0.05) is 36.4 Å². The maximum Gasteiger partial charge on any atom is 0.219 e. The molecule has 7 nitrogen and oxygen atoms in total. The summed E-state index contributed by atoms with van der Waals surface area (Å²) >= 11 is 0. The molecule has 0 radical (unpaired) electrons. The van der Waals surface area contributed by atoms with Crippen LogP contribution in [0.15, 0.2) is 54.7 Å². The molecule has 32 heavy (non-hydrogen) atoms. The fourth-order valence-electron chi connectivity index (χ4n) is 4.53. The first-order chi connectivity index (χ1) is 15.7. The van der Waals surface area contributed by atoms with Crippen molar-refractivity contribution in [2.24, 2.45) is 0 Å². The number of benzene rings is 1. The molecule has 0 spiro atoms. The van der Waals surface area contributed by atoms with Gasteiger partial charge in [0.15, 0.2) is 5.82 Å². The molecule has 0 bridgehead atoms. The van der Waals surface area contributed by atoms with Crippen LogP contribution in [-0.2, 0) is 24.3 Å². The number of aromatic nitrogens is 3. The van der Waals surface area contributed by atoms with Gasteiger partial charge < -0.3 is 9.80 Å². The van der Waals surface area contributed by atoms with E-state index in [0.29, 0.717) is 5.82 Å². The number of hydrogen-bond acceptors (Lipinski definition) is 6. The molecule has 1 aromatic carbocycles. The van der Waals surface area contributed by atoms with Crippen LogP contribution in [0, 0.1) is 0 Å². The Morgan fingerprint density at radius 3 is 2.44 bits per heavy atom. The molecule has 2 aliphatic heterocycles. The molecule has 0 N–H and O–H groups in total. The molecule has 0 aliphatic carbocycles. The lowest BCUT2D eigenvalue weighted by molar-refractivity contribution is -0.129. The van der Waals surface area contributed by atoms with E-state index in [0.717, 1.165) is 69.4 Å². The van der Waals surface area contributed by atoms with Gasteiger partial charge in [0.2, 0.25) is 5.91 Å². The highest BCUT2D eigenvalue weighted by atomic mass is 16.2. The molecule has 4 heterocycles. The first-order valence-electron chi connectivity index (χ1n) is 11.3. The van der Waals surface area contributed by atoms with Crippen molar-refractivity contribution < 1.29 is 4.79 Å². The molecule has 3 aromatic rings. The Morgan fingerprint density at radius 2 is 1.72 bits per heavy atom. The smallest absolute Gasteiger partial charge is 0.219 e. The molecule has 1 amide bonds. The fourth-order valence-corrected chi connectivity index (χ4v) is 4.53. The van der Waals surface area contributed by atoms with Crippen molar-refractivity contribution in [2.75, 3.05) is 37.6 Å². The summed E-state index contributed by atoms with van der Waals surface area (Å²) in [4.78, 5) is 32.9. The third-order valence-corrected chi connectivity index (χ3v) is 6.29. The summed E-state index contributed by atoms with van der Waals surface area (Å²) in [5.74, 6) is 1.82. The highest BCUT2D eigenvalue weighted by Crippen LogP contribution is 2.30. The maximum absolute atomic E-state index is 11.8. The number of amides is 1. The summed E-state index contributed by atoms with van der Waals surface area (Å²) in [6.45, 7) is 7.37. The quantitative estimate of drug-likeness (QED) is 0.637. The standard InChI is InChI=1S/C25H28N6O/c1-19(32)30-13-15-31(16-14-30)25-21-18-29(17-20-7-3-2-4-8-20)12-10-22(21)27-24(28-25)23-9-5-6-11-26-23/h2-9,11H,10,12-18H2,1H3. The van der Waals surface area contributed by atoms with Crippen molar-refractivity contribution in [2.45, 2.75) is 26.4 Å². The van der Waals surface area contributed by atoms with Gasteiger partial charge in [-0.2, -0.15) is 0 Å².